The van der Waals surface area contributed by atoms with Crippen molar-refractivity contribution < 1.29 is 13.5 Å². The minimum atomic E-state index is -0.710. The number of H-pyrrole nitrogens is 1. The third-order valence-corrected chi connectivity index (χ3v) is 4.43. The lowest BCUT2D eigenvalue weighted by atomic mass is 10.0. The van der Waals surface area contributed by atoms with Gasteiger partial charge in [0.1, 0.15) is 24.0 Å². The van der Waals surface area contributed by atoms with Gasteiger partial charge in [0, 0.05) is 0 Å². The summed E-state index contributed by atoms with van der Waals surface area (Å²) >= 11 is 5.16. The lowest BCUT2D eigenvalue weighted by Crippen LogP contribution is -2.06. The number of benzene rings is 2. The highest BCUT2D eigenvalue weighted by molar-refractivity contribution is 7.71. The van der Waals surface area contributed by atoms with Crippen molar-refractivity contribution in [1.29, 1.82) is 0 Å². The largest absolute Gasteiger partial charge is 0.485 e. The average molecular weight is 402 g/mol. The number of rotatable bonds is 6. The van der Waals surface area contributed by atoms with Crippen molar-refractivity contribution in [3.8, 4) is 5.75 Å². The predicted molar refractivity (Wildman–Crippen MR) is 106 cm³/mol. The highest BCUT2D eigenvalue weighted by Gasteiger charge is 2.12. The second kappa shape index (κ2) is 8.43. The second-order valence-electron chi connectivity index (χ2n) is 6.62. The molecule has 0 aliphatic heterocycles. The molecular weight excluding hydrogens is 382 g/mol. The molecule has 146 valence electrons. The van der Waals surface area contributed by atoms with Crippen LogP contribution >= 0.6 is 12.2 Å². The molecule has 28 heavy (non-hydrogen) atoms. The highest BCUT2D eigenvalue weighted by Crippen LogP contribution is 2.28. The molecule has 0 saturated heterocycles. The topological polar surface area (TPSA) is 55.2 Å². The molecule has 0 atom stereocenters. The molecule has 0 spiro atoms. The van der Waals surface area contributed by atoms with Crippen molar-refractivity contribution in [2.75, 3.05) is 0 Å². The summed E-state index contributed by atoms with van der Waals surface area (Å²) in [5, 5.41) is 10.8. The Morgan fingerprint density at radius 2 is 1.96 bits per heavy atom. The molecule has 0 amide bonds. The first kappa shape index (κ1) is 19.9. The molecular formula is C20H20F2N4OS. The fourth-order valence-corrected chi connectivity index (χ4v) is 2.87. The molecule has 3 aromatic rings. The van der Waals surface area contributed by atoms with E-state index in [0.29, 0.717) is 11.7 Å². The lowest BCUT2D eigenvalue weighted by Gasteiger charge is -2.14. The number of hydrogen-bond acceptors (Lipinski definition) is 4. The number of halogens is 2. The maximum atomic E-state index is 13.8. The molecule has 3 rings (SSSR count). The number of nitrogens with one attached hydrogen (secondary N) is 1. The third-order valence-electron chi connectivity index (χ3n) is 4.17. The van der Waals surface area contributed by atoms with E-state index in [1.165, 1.54) is 10.7 Å². The van der Waals surface area contributed by atoms with Crippen LogP contribution in [0.3, 0.4) is 0 Å². The van der Waals surface area contributed by atoms with Crippen molar-refractivity contribution in [1.82, 2.24) is 14.9 Å². The van der Waals surface area contributed by atoms with E-state index in [2.05, 4.69) is 29.1 Å². The molecule has 2 aromatic carbocycles. The van der Waals surface area contributed by atoms with Crippen LogP contribution in [0, 0.1) is 23.3 Å². The predicted octanol–water partition coefficient (Wildman–Crippen LogP) is 5.11. The Balaban J connectivity index is 1.86. The third kappa shape index (κ3) is 4.33. The molecule has 0 radical (unpaired) electrons. The number of nitrogens with zero attached hydrogens (tertiary/aromatic N) is 3. The van der Waals surface area contributed by atoms with Gasteiger partial charge in [-0.3, -0.25) is 0 Å². The highest BCUT2D eigenvalue weighted by atomic mass is 32.1. The van der Waals surface area contributed by atoms with Crippen LogP contribution in [0.4, 0.5) is 8.78 Å². The Hall–Kier alpha value is -2.87. The minimum Gasteiger partial charge on any atom is -0.485 e. The van der Waals surface area contributed by atoms with Gasteiger partial charge in [-0.1, -0.05) is 32.0 Å². The first-order chi connectivity index (χ1) is 13.4. The van der Waals surface area contributed by atoms with E-state index in [-0.39, 0.29) is 16.9 Å². The van der Waals surface area contributed by atoms with E-state index < -0.39 is 11.6 Å². The van der Waals surface area contributed by atoms with Gasteiger partial charge in [0.25, 0.3) is 0 Å². The Kier molecular flexibility index (Phi) is 5.99. The van der Waals surface area contributed by atoms with Gasteiger partial charge in [0.15, 0.2) is 5.82 Å². The zero-order chi connectivity index (χ0) is 20.3. The van der Waals surface area contributed by atoms with E-state index >= 15 is 0 Å². The Labute approximate surface area is 166 Å². The standard InChI is InChI=1S/C20H20F2N4OS/c1-12(2)14-8-7-13(3)9-18(14)27-11-19-24-25-20(28)26(19)23-10-15-16(21)5-4-6-17(15)22/h4-10,12H,11H2,1-3H3,(H,25,28). The van der Waals surface area contributed by atoms with Crippen LogP contribution in [-0.4, -0.2) is 21.1 Å². The number of aromatic nitrogens is 3. The Morgan fingerprint density at radius 3 is 2.64 bits per heavy atom. The average Bonchev–Trinajstić information content (AvgIpc) is 2.99. The van der Waals surface area contributed by atoms with E-state index in [4.69, 9.17) is 17.0 Å². The quantitative estimate of drug-likeness (QED) is 0.460. The molecule has 0 bridgehead atoms. The van der Waals surface area contributed by atoms with Gasteiger partial charge in [-0.25, -0.2) is 13.9 Å². The zero-order valence-electron chi connectivity index (χ0n) is 15.7. The molecule has 5 nitrogen and oxygen atoms in total. The monoisotopic (exact) mass is 402 g/mol. The summed E-state index contributed by atoms with van der Waals surface area (Å²) < 4.78 is 35.0. The normalized spacial score (nSPS) is 11.5. The van der Waals surface area contributed by atoms with E-state index in [1.54, 1.807) is 0 Å². The summed E-state index contributed by atoms with van der Waals surface area (Å²) in [6.07, 6.45) is 1.08. The van der Waals surface area contributed by atoms with E-state index in [9.17, 15) is 8.78 Å². The maximum absolute atomic E-state index is 13.8. The van der Waals surface area contributed by atoms with Crippen molar-refractivity contribution in [3.63, 3.8) is 0 Å². The van der Waals surface area contributed by atoms with E-state index in [1.807, 2.05) is 25.1 Å². The summed E-state index contributed by atoms with van der Waals surface area (Å²) in [5.74, 6) is 0.00285. The van der Waals surface area contributed by atoms with Gasteiger partial charge in [0.2, 0.25) is 4.77 Å². The summed E-state index contributed by atoms with van der Waals surface area (Å²) in [6, 6.07) is 9.64. The molecule has 0 fully saturated rings. The minimum absolute atomic E-state index is 0.0907. The fraction of sp³-hybridized carbons (Fsp3) is 0.250. The summed E-state index contributed by atoms with van der Waals surface area (Å²) in [4.78, 5) is 0. The smallest absolute Gasteiger partial charge is 0.216 e. The molecule has 0 aliphatic carbocycles. The van der Waals surface area contributed by atoms with Crippen molar-refractivity contribution in [3.05, 3.63) is 75.3 Å². The molecule has 1 heterocycles. The lowest BCUT2D eigenvalue weighted by molar-refractivity contribution is 0.286. The van der Waals surface area contributed by atoms with E-state index in [0.717, 1.165) is 35.2 Å². The Morgan fingerprint density at radius 1 is 1.25 bits per heavy atom. The summed E-state index contributed by atoms with van der Waals surface area (Å²) in [5.41, 5.74) is 1.90. The number of hydrogen-bond donors (Lipinski definition) is 1. The van der Waals surface area contributed by atoms with Gasteiger partial charge in [-0.15, -0.1) is 0 Å². The molecule has 1 N–H and O–H groups in total. The van der Waals surface area contributed by atoms with Gasteiger partial charge in [-0.2, -0.15) is 14.9 Å². The molecule has 0 aliphatic rings. The van der Waals surface area contributed by atoms with Gasteiger partial charge < -0.3 is 4.74 Å². The first-order valence-electron chi connectivity index (χ1n) is 8.75. The van der Waals surface area contributed by atoms with Crippen molar-refractivity contribution >= 4 is 18.4 Å². The maximum Gasteiger partial charge on any atom is 0.216 e. The zero-order valence-corrected chi connectivity index (χ0v) is 16.6. The van der Waals surface area contributed by atoms with Gasteiger partial charge in [-0.05, 0) is 54.4 Å². The number of ether oxygens (including phenoxy) is 1. The Bertz CT molecular complexity index is 1050. The fourth-order valence-electron chi connectivity index (χ4n) is 2.67. The molecule has 0 unspecified atom stereocenters. The van der Waals surface area contributed by atoms with Gasteiger partial charge in [0.05, 0.1) is 11.8 Å². The van der Waals surface area contributed by atoms with Crippen molar-refractivity contribution in [2.45, 2.75) is 33.3 Å². The second-order valence-corrected chi connectivity index (χ2v) is 7.01. The molecule has 8 heteroatoms. The SMILES string of the molecule is Cc1ccc(C(C)C)c(OCc2n[nH]c(=S)n2N=Cc2c(F)cccc2F)c1. The van der Waals surface area contributed by atoms with Crippen LogP contribution in [0.2, 0.25) is 0 Å². The van der Waals surface area contributed by atoms with Crippen LogP contribution in [0.1, 0.15) is 42.3 Å². The first-order valence-corrected chi connectivity index (χ1v) is 9.15. The van der Waals surface area contributed by atoms with Crippen LogP contribution < -0.4 is 4.74 Å². The molecule has 0 saturated carbocycles. The molecule has 1 aromatic heterocycles. The van der Waals surface area contributed by atoms with Gasteiger partial charge >= 0.3 is 0 Å². The van der Waals surface area contributed by atoms with Crippen molar-refractivity contribution in [2.24, 2.45) is 5.10 Å². The van der Waals surface area contributed by atoms with Crippen LogP contribution in [0.25, 0.3) is 0 Å². The number of aromatic amines is 1. The van der Waals surface area contributed by atoms with Crippen LogP contribution in [0.5, 0.6) is 5.75 Å². The summed E-state index contributed by atoms with van der Waals surface area (Å²) in [6.45, 7) is 6.25. The number of aryl methyl sites for hydroxylation is 1. The summed E-state index contributed by atoms with van der Waals surface area (Å²) in [7, 11) is 0. The van der Waals surface area contributed by atoms with Crippen LogP contribution in [-0.2, 0) is 6.61 Å². The van der Waals surface area contributed by atoms with Crippen LogP contribution in [0.15, 0.2) is 41.5 Å².